The van der Waals surface area contributed by atoms with Gasteiger partial charge in [-0.05, 0) is 66.3 Å². The van der Waals surface area contributed by atoms with E-state index in [4.69, 9.17) is 9.47 Å². The molecule has 166 valence electrons. The van der Waals surface area contributed by atoms with Gasteiger partial charge in [0.15, 0.2) is 11.6 Å². The summed E-state index contributed by atoms with van der Waals surface area (Å²) < 4.78 is 25.0. The summed E-state index contributed by atoms with van der Waals surface area (Å²) >= 11 is 0. The molecule has 0 radical (unpaired) electrons. The third kappa shape index (κ3) is 4.73. The third-order valence-electron chi connectivity index (χ3n) is 5.63. The Labute approximate surface area is 186 Å². The van der Waals surface area contributed by atoms with Crippen LogP contribution in [0.15, 0.2) is 54.9 Å². The summed E-state index contributed by atoms with van der Waals surface area (Å²) in [4.78, 5) is 17.2. The molecule has 4 rings (SSSR count). The molecule has 1 saturated carbocycles. The van der Waals surface area contributed by atoms with Gasteiger partial charge in [0.2, 0.25) is 0 Å². The first-order chi connectivity index (χ1) is 15.6. The predicted molar refractivity (Wildman–Crippen MR) is 118 cm³/mol. The van der Waals surface area contributed by atoms with Crippen LogP contribution in [0.5, 0.6) is 11.5 Å². The number of benzene rings is 2. The number of carbonyl (C=O) groups excluding carboxylic acids is 1. The van der Waals surface area contributed by atoms with Crippen molar-refractivity contribution in [1.82, 2.24) is 10.3 Å². The van der Waals surface area contributed by atoms with E-state index in [2.05, 4.69) is 10.3 Å². The Hall–Kier alpha value is -3.45. The fraction of sp³-hybridized carbons (Fsp3) is 0.280. The number of amides is 1. The largest absolute Gasteiger partial charge is 0.494 e. The Kier molecular flexibility index (Phi) is 6.66. The fourth-order valence-electron chi connectivity index (χ4n) is 3.56. The van der Waals surface area contributed by atoms with Crippen LogP contribution in [0, 0.1) is 5.82 Å². The molecule has 1 amide bonds. The number of hydrogen-bond donors (Lipinski definition) is 2. The van der Waals surface area contributed by atoms with Crippen molar-refractivity contribution in [2.24, 2.45) is 0 Å². The number of aliphatic hydroxyl groups excluding tert-OH is 1. The maximum absolute atomic E-state index is 14.0. The number of methoxy groups -OCH3 is 1. The maximum Gasteiger partial charge on any atom is 0.255 e. The number of nitrogens with one attached hydrogen (secondary N) is 1. The first-order valence-corrected chi connectivity index (χ1v) is 10.5. The van der Waals surface area contributed by atoms with Crippen molar-refractivity contribution < 1.29 is 23.8 Å². The number of rotatable bonds is 8. The lowest BCUT2D eigenvalue weighted by Crippen LogP contribution is -2.28. The van der Waals surface area contributed by atoms with Crippen LogP contribution < -0.4 is 14.8 Å². The molecule has 6 nitrogen and oxygen atoms in total. The van der Waals surface area contributed by atoms with E-state index < -0.39 is 5.82 Å². The van der Waals surface area contributed by atoms with Gasteiger partial charge >= 0.3 is 0 Å². The second kappa shape index (κ2) is 9.78. The third-order valence-corrected chi connectivity index (χ3v) is 5.63. The fourth-order valence-corrected chi connectivity index (χ4v) is 3.56. The summed E-state index contributed by atoms with van der Waals surface area (Å²) in [5.41, 5.74) is 3.22. The molecule has 1 aliphatic rings. The number of aliphatic hydroxyl groups is 1. The van der Waals surface area contributed by atoms with Crippen LogP contribution in [0.4, 0.5) is 4.39 Å². The highest BCUT2D eigenvalue weighted by Crippen LogP contribution is 2.32. The number of hydrogen-bond acceptors (Lipinski definition) is 5. The van der Waals surface area contributed by atoms with Gasteiger partial charge < -0.3 is 19.9 Å². The topological polar surface area (TPSA) is 80.7 Å². The van der Waals surface area contributed by atoms with Crippen LogP contribution in [0.1, 0.15) is 40.7 Å². The van der Waals surface area contributed by atoms with Crippen molar-refractivity contribution >= 4 is 5.91 Å². The minimum absolute atomic E-state index is 0.106. The van der Waals surface area contributed by atoms with Crippen molar-refractivity contribution in [3.63, 3.8) is 0 Å². The van der Waals surface area contributed by atoms with Crippen LogP contribution in [0.2, 0.25) is 0 Å². The lowest BCUT2D eigenvalue weighted by molar-refractivity contribution is 0.0925. The van der Waals surface area contributed by atoms with E-state index in [0.29, 0.717) is 22.4 Å². The van der Waals surface area contributed by atoms with Gasteiger partial charge in [0.05, 0.1) is 25.4 Å². The van der Waals surface area contributed by atoms with Crippen LogP contribution in [0.25, 0.3) is 11.1 Å². The molecule has 0 atom stereocenters. The molecule has 3 aromatic rings. The second-order valence-corrected chi connectivity index (χ2v) is 7.72. The zero-order valence-electron chi connectivity index (χ0n) is 17.8. The molecular formula is C25H25FN2O4. The van der Waals surface area contributed by atoms with Crippen LogP contribution in [-0.4, -0.2) is 29.2 Å². The highest BCUT2D eigenvalue weighted by Gasteiger charge is 2.23. The Morgan fingerprint density at radius 3 is 2.69 bits per heavy atom. The summed E-state index contributed by atoms with van der Waals surface area (Å²) in [5.74, 6) is -0.151. The van der Waals surface area contributed by atoms with E-state index in [1.54, 1.807) is 36.7 Å². The van der Waals surface area contributed by atoms with Gasteiger partial charge in [0, 0.05) is 24.5 Å². The molecule has 0 spiro atoms. The number of aromatic nitrogens is 1. The lowest BCUT2D eigenvalue weighted by atomic mass is 9.95. The Morgan fingerprint density at radius 2 is 2.00 bits per heavy atom. The molecule has 2 aromatic carbocycles. The first-order valence-electron chi connectivity index (χ1n) is 10.5. The van der Waals surface area contributed by atoms with Gasteiger partial charge in [0.25, 0.3) is 5.91 Å². The number of halogens is 1. The Morgan fingerprint density at radius 1 is 1.19 bits per heavy atom. The number of nitrogens with zero attached hydrogens (tertiary/aromatic N) is 1. The van der Waals surface area contributed by atoms with Crippen molar-refractivity contribution in [3.8, 4) is 22.6 Å². The zero-order valence-corrected chi connectivity index (χ0v) is 17.8. The van der Waals surface area contributed by atoms with Crippen molar-refractivity contribution in [2.75, 3.05) is 7.11 Å². The minimum Gasteiger partial charge on any atom is -0.494 e. The highest BCUT2D eigenvalue weighted by molar-refractivity contribution is 5.98. The summed E-state index contributed by atoms with van der Waals surface area (Å²) in [6.45, 7) is 0.0182. The van der Waals surface area contributed by atoms with Crippen molar-refractivity contribution in [1.29, 1.82) is 0 Å². The lowest BCUT2D eigenvalue weighted by Gasteiger charge is -2.27. The Balaban J connectivity index is 1.60. The van der Waals surface area contributed by atoms with Crippen LogP contribution in [-0.2, 0) is 13.2 Å². The molecule has 0 bridgehead atoms. The van der Waals surface area contributed by atoms with E-state index in [-0.39, 0.29) is 30.9 Å². The maximum atomic E-state index is 14.0. The SMILES string of the molecule is COc1ccc(CNC(=O)c2cc(-c3cnccc3CO)ccc2OC2CCC2)cc1F. The number of carbonyl (C=O) groups is 1. The molecule has 2 N–H and O–H groups in total. The molecule has 7 heteroatoms. The quantitative estimate of drug-likeness (QED) is 0.552. The van der Waals surface area contributed by atoms with E-state index >= 15 is 0 Å². The standard InChI is InChI=1S/C25H25FN2O4/c1-31-24-7-5-16(11-22(24)26)13-28-25(30)20-12-17(21-14-27-10-9-18(21)15-29)6-8-23(20)32-19-3-2-4-19/h5-12,14,19,29H,2-4,13,15H2,1H3,(H,28,30). The summed E-state index contributed by atoms with van der Waals surface area (Å²) in [6, 6.07) is 11.7. The molecular weight excluding hydrogens is 411 g/mol. The summed E-state index contributed by atoms with van der Waals surface area (Å²) in [7, 11) is 1.40. The second-order valence-electron chi connectivity index (χ2n) is 7.72. The minimum atomic E-state index is -0.483. The Bertz CT molecular complexity index is 1110. The predicted octanol–water partition coefficient (Wildman–Crippen LogP) is 4.25. The van der Waals surface area contributed by atoms with Gasteiger partial charge in [-0.2, -0.15) is 0 Å². The van der Waals surface area contributed by atoms with Crippen molar-refractivity contribution in [3.05, 3.63) is 77.4 Å². The van der Waals surface area contributed by atoms with E-state index in [9.17, 15) is 14.3 Å². The average molecular weight is 436 g/mol. The molecule has 0 unspecified atom stereocenters. The van der Waals surface area contributed by atoms with Crippen molar-refractivity contribution in [2.45, 2.75) is 38.5 Å². The summed E-state index contributed by atoms with van der Waals surface area (Å²) in [5, 5.41) is 12.5. The average Bonchev–Trinajstić information content (AvgIpc) is 2.80. The van der Waals surface area contributed by atoms with Crippen LogP contribution >= 0.6 is 0 Å². The first kappa shape index (κ1) is 21.8. The molecule has 1 aliphatic carbocycles. The van der Waals surface area contributed by atoms with E-state index in [0.717, 1.165) is 30.4 Å². The zero-order chi connectivity index (χ0) is 22.5. The number of pyridine rings is 1. The summed E-state index contributed by atoms with van der Waals surface area (Å²) in [6.07, 6.45) is 6.42. The molecule has 0 saturated heterocycles. The normalized spacial score (nSPS) is 13.3. The molecule has 0 aliphatic heterocycles. The highest BCUT2D eigenvalue weighted by atomic mass is 19.1. The molecule has 1 heterocycles. The van der Waals surface area contributed by atoms with Gasteiger partial charge in [-0.25, -0.2) is 4.39 Å². The number of ether oxygens (including phenoxy) is 2. The smallest absolute Gasteiger partial charge is 0.255 e. The monoisotopic (exact) mass is 436 g/mol. The van der Waals surface area contributed by atoms with Gasteiger partial charge in [-0.3, -0.25) is 9.78 Å². The van der Waals surface area contributed by atoms with Gasteiger partial charge in [-0.1, -0.05) is 12.1 Å². The van der Waals surface area contributed by atoms with Crippen LogP contribution in [0.3, 0.4) is 0 Å². The van der Waals surface area contributed by atoms with E-state index in [1.807, 2.05) is 6.07 Å². The van der Waals surface area contributed by atoms with E-state index in [1.165, 1.54) is 19.2 Å². The molecule has 32 heavy (non-hydrogen) atoms. The molecule has 1 fully saturated rings. The molecule has 1 aromatic heterocycles. The van der Waals surface area contributed by atoms with Gasteiger partial charge in [0.1, 0.15) is 5.75 Å². The van der Waals surface area contributed by atoms with Gasteiger partial charge in [-0.15, -0.1) is 0 Å².